The van der Waals surface area contributed by atoms with Gasteiger partial charge in [0.2, 0.25) is 0 Å². The highest BCUT2D eigenvalue weighted by molar-refractivity contribution is 5.83. The van der Waals surface area contributed by atoms with Gasteiger partial charge in [-0.05, 0) is 22.4 Å². The molecule has 3 atom stereocenters. The second kappa shape index (κ2) is 4.69. The molecule has 2 N–H and O–H groups in total. The van der Waals surface area contributed by atoms with E-state index in [9.17, 15) is 5.11 Å². The standard InChI is InChI=1S/C15H16O3/c16-9-15-13(17)8-14(18-15)12-6-5-10-3-1-2-4-11(10)7-12/h1-7,13-17H,8-9H2. The summed E-state index contributed by atoms with van der Waals surface area (Å²) in [5, 5.41) is 21.2. The van der Waals surface area contributed by atoms with Crippen LogP contribution in [0.2, 0.25) is 0 Å². The van der Waals surface area contributed by atoms with E-state index in [2.05, 4.69) is 24.3 Å². The van der Waals surface area contributed by atoms with E-state index in [-0.39, 0.29) is 12.7 Å². The van der Waals surface area contributed by atoms with Gasteiger partial charge >= 0.3 is 0 Å². The molecule has 1 aliphatic heterocycles. The first kappa shape index (κ1) is 11.7. The second-order valence-corrected chi connectivity index (χ2v) is 4.76. The Hall–Kier alpha value is -1.42. The topological polar surface area (TPSA) is 49.7 Å². The summed E-state index contributed by atoms with van der Waals surface area (Å²) in [6.07, 6.45) is -0.612. The van der Waals surface area contributed by atoms with Crippen LogP contribution in [0.3, 0.4) is 0 Å². The second-order valence-electron chi connectivity index (χ2n) is 4.76. The Labute approximate surface area is 106 Å². The number of rotatable bonds is 2. The molecule has 1 saturated heterocycles. The molecule has 3 rings (SSSR count). The Kier molecular flexibility index (Phi) is 3.04. The van der Waals surface area contributed by atoms with Crippen molar-refractivity contribution in [3.63, 3.8) is 0 Å². The normalized spacial score (nSPS) is 27.8. The molecular formula is C15H16O3. The average Bonchev–Trinajstić information content (AvgIpc) is 2.79. The minimum atomic E-state index is -0.577. The van der Waals surface area contributed by atoms with Crippen molar-refractivity contribution in [1.29, 1.82) is 0 Å². The predicted octanol–water partition coefficient (Wildman–Crippen LogP) is 2.02. The first-order valence-electron chi connectivity index (χ1n) is 6.21. The van der Waals surface area contributed by atoms with E-state index in [4.69, 9.17) is 9.84 Å². The number of hydrogen-bond acceptors (Lipinski definition) is 3. The summed E-state index contributed by atoms with van der Waals surface area (Å²) in [4.78, 5) is 0. The molecule has 3 unspecified atom stereocenters. The van der Waals surface area contributed by atoms with Crippen LogP contribution >= 0.6 is 0 Å². The van der Waals surface area contributed by atoms with Gasteiger partial charge in [0.1, 0.15) is 6.10 Å². The smallest absolute Gasteiger partial charge is 0.107 e. The van der Waals surface area contributed by atoms with E-state index in [0.717, 1.165) is 5.56 Å². The quantitative estimate of drug-likeness (QED) is 0.849. The lowest BCUT2D eigenvalue weighted by atomic mass is 10.0. The van der Waals surface area contributed by atoms with Crippen LogP contribution in [0.1, 0.15) is 18.1 Å². The highest BCUT2D eigenvalue weighted by Gasteiger charge is 2.34. The van der Waals surface area contributed by atoms with Crippen LogP contribution in [0, 0.1) is 0 Å². The summed E-state index contributed by atoms with van der Waals surface area (Å²) >= 11 is 0. The van der Waals surface area contributed by atoms with Gasteiger partial charge in [-0.2, -0.15) is 0 Å². The van der Waals surface area contributed by atoms with E-state index in [0.29, 0.717) is 6.42 Å². The predicted molar refractivity (Wildman–Crippen MR) is 69.3 cm³/mol. The molecule has 3 heteroatoms. The van der Waals surface area contributed by atoms with Crippen LogP contribution in [0.5, 0.6) is 0 Å². The van der Waals surface area contributed by atoms with Crippen LogP contribution < -0.4 is 0 Å². The number of hydrogen-bond donors (Lipinski definition) is 2. The Balaban J connectivity index is 1.91. The van der Waals surface area contributed by atoms with Crippen molar-refractivity contribution in [3.8, 4) is 0 Å². The fourth-order valence-corrected chi connectivity index (χ4v) is 2.52. The summed E-state index contributed by atoms with van der Waals surface area (Å²) in [6.45, 7) is -0.134. The van der Waals surface area contributed by atoms with Gasteiger partial charge in [0.05, 0.1) is 18.8 Å². The summed E-state index contributed by atoms with van der Waals surface area (Å²) in [5.74, 6) is 0. The third-order valence-corrected chi connectivity index (χ3v) is 3.55. The third-order valence-electron chi connectivity index (χ3n) is 3.55. The lowest BCUT2D eigenvalue weighted by Gasteiger charge is -2.13. The molecule has 0 spiro atoms. The molecule has 18 heavy (non-hydrogen) atoms. The van der Waals surface area contributed by atoms with E-state index in [1.54, 1.807) is 0 Å². The Morgan fingerprint density at radius 1 is 1.11 bits per heavy atom. The van der Waals surface area contributed by atoms with E-state index < -0.39 is 12.2 Å². The molecule has 0 bridgehead atoms. The van der Waals surface area contributed by atoms with Crippen molar-refractivity contribution in [2.75, 3.05) is 6.61 Å². The molecule has 0 aliphatic carbocycles. The zero-order valence-electron chi connectivity index (χ0n) is 9.99. The van der Waals surface area contributed by atoms with Gasteiger partial charge < -0.3 is 14.9 Å². The molecule has 1 fully saturated rings. The monoisotopic (exact) mass is 244 g/mol. The highest BCUT2D eigenvalue weighted by atomic mass is 16.5. The Bertz CT molecular complexity index is 552. The van der Waals surface area contributed by atoms with Gasteiger partial charge in [-0.25, -0.2) is 0 Å². The van der Waals surface area contributed by atoms with E-state index in [1.165, 1.54) is 10.8 Å². The minimum Gasteiger partial charge on any atom is -0.394 e. The van der Waals surface area contributed by atoms with Crippen molar-refractivity contribution >= 4 is 10.8 Å². The maximum Gasteiger partial charge on any atom is 0.107 e. The Morgan fingerprint density at radius 3 is 2.61 bits per heavy atom. The molecule has 2 aromatic rings. The van der Waals surface area contributed by atoms with Gasteiger partial charge in [0.25, 0.3) is 0 Å². The number of benzene rings is 2. The van der Waals surface area contributed by atoms with Crippen molar-refractivity contribution < 1.29 is 14.9 Å². The molecular weight excluding hydrogens is 228 g/mol. The number of ether oxygens (including phenoxy) is 1. The number of aliphatic hydroxyl groups excluding tert-OH is 2. The molecule has 0 amide bonds. The first-order valence-corrected chi connectivity index (χ1v) is 6.21. The fourth-order valence-electron chi connectivity index (χ4n) is 2.52. The van der Waals surface area contributed by atoms with E-state index in [1.807, 2.05) is 18.2 Å². The van der Waals surface area contributed by atoms with Crippen LogP contribution in [-0.2, 0) is 4.74 Å². The van der Waals surface area contributed by atoms with Gasteiger partial charge in [0, 0.05) is 6.42 Å². The average molecular weight is 244 g/mol. The lowest BCUT2D eigenvalue weighted by molar-refractivity contribution is -0.0225. The molecule has 0 radical (unpaired) electrons. The molecule has 3 nitrogen and oxygen atoms in total. The summed E-state index contributed by atoms with van der Waals surface area (Å²) in [7, 11) is 0. The molecule has 1 heterocycles. The summed E-state index contributed by atoms with van der Waals surface area (Å²) < 4.78 is 5.66. The highest BCUT2D eigenvalue weighted by Crippen LogP contribution is 2.34. The fraction of sp³-hybridized carbons (Fsp3) is 0.333. The van der Waals surface area contributed by atoms with Crippen molar-refractivity contribution in [3.05, 3.63) is 48.0 Å². The largest absolute Gasteiger partial charge is 0.394 e. The number of fused-ring (bicyclic) bond motifs is 1. The van der Waals surface area contributed by atoms with Crippen LogP contribution in [0.15, 0.2) is 42.5 Å². The molecule has 0 saturated carbocycles. The van der Waals surface area contributed by atoms with Gasteiger partial charge in [-0.3, -0.25) is 0 Å². The van der Waals surface area contributed by atoms with Crippen molar-refractivity contribution in [2.45, 2.75) is 24.7 Å². The van der Waals surface area contributed by atoms with Gasteiger partial charge in [-0.1, -0.05) is 36.4 Å². The van der Waals surface area contributed by atoms with Crippen LogP contribution in [0.25, 0.3) is 10.8 Å². The maximum absolute atomic E-state index is 9.75. The zero-order valence-corrected chi connectivity index (χ0v) is 9.99. The lowest BCUT2D eigenvalue weighted by Crippen LogP contribution is -2.24. The minimum absolute atomic E-state index is 0.123. The van der Waals surface area contributed by atoms with Gasteiger partial charge in [0.15, 0.2) is 0 Å². The SMILES string of the molecule is OCC1OC(c2ccc3ccccc3c2)CC1O. The Morgan fingerprint density at radius 2 is 1.89 bits per heavy atom. The van der Waals surface area contributed by atoms with Crippen molar-refractivity contribution in [1.82, 2.24) is 0 Å². The van der Waals surface area contributed by atoms with E-state index >= 15 is 0 Å². The van der Waals surface area contributed by atoms with Crippen LogP contribution in [0.4, 0.5) is 0 Å². The van der Waals surface area contributed by atoms with Gasteiger partial charge in [-0.15, -0.1) is 0 Å². The number of aliphatic hydroxyl groups is 2. The van der Waals surface area contributed by atoms with Crippen LogP contribution in [-0.4, -0.2) is 29.0 Å². The zero-order chi connectivity index (χ0) is 12.5. The third kappa shape index (κ3) is 2.01. The molecule has 1 aliphatic rings. The maximum atomic E-state index is 9.75. The molecule has 0 aromatic heterocycles. The molecule has 2 aromatic carbocycles. The molecule has 94 valence electrons. The summed E-state index contributed by atoms with van der Waals surface area (Å²) in [5.41, 5.74) is 1.06. The van der Waals surface area contributed by atoms with Crippen molar-refractivity contribution in [2.24, 2.45) is 0 Å². The first-order chi connectivity index (χ1) is 8.78. The summed E-state index contributed by atoms with van der Waals surface area (Å²) in [6, 6.07) is 14.3.